The molecule has 112 valence electrons. The Morgan fingerprint density at radius 3 is 2.21 bits per heavy atom. The van der Waals surface area contributed by atoms with Gasteiger partial charge in [-0.05, 0) is 40.5 Å². The van der Waals surface area contributed by atoms with E-state index in [9.17, 15) is 9.59 Å². The van der Waals surface area contributed by atoms with Crippen molar-refractivity contribution in [1.29, 1.82) is 0 Å². The number of ketones is 1. The molecular weight excluding hydrogens is 244 g/mol. The summed E-state index contributed by atoms with van der Waals surface area (Å²) in [7, 11) is 0. The highest BCUT2D eigenvalue weighted by Crippen LogP contribution is 2.14. The van der Waals surface area contributed by atoms with E-state index in [4.69, 9.17) is 9.47 Å². The number of rotatable bonds is 11. The first-order chi connectivity index (χ1) is 8.99. The molecule has 19 heavy (non-hydrogen) atoms. The SMILES string of the molecule is CCOC(=O)C(CCCCCCOC(C)C)C(C)=O. The van der Waals surface area contributed by atoms with Crippen LogP contribution in [0.3, 0.4) is 0 Å². The Balaban J connectivity index is 3.71. The van der Waals surface area contributed by atoms with Gasteiger partial charge in [-0.15, -0.1) is 0 Å². The molecule has 0 aliphatic carbocycles. The van der Waals surface area contributed by atoms with Crippen molar-refractivity contribution in [3.8, 4) is 0 Å². The average Bonchev–Trinajstić information content (AvgIpc) is 2.31. The lowest BCUT2D eigenvalue weighted by Crippen LogP contribution is -2.24. The van der Waals surface area contributed by atoms with Gasteiger partial charge in [0.1, 0.15) is 11.7 Å². The lowest BCUT2D eigenvalue weighted by Gasteiger charge is -2.12. The Hall–Kier alpha value is -0.900. The van der Waals surface area contributed by atoms with Crippen LogP contribution in [0, 0.1) is 5.92 Å². The number of unbranched alkanes of at least 4 members (excludes halogenated alkanes) is 3. The van der Waals surface area contributed by atoms with Crippen molar-refractivity contribution in [3.63, 3.8) is 0 Å². The molecule has 0 saturated carbocycles. The lowest BCUT2D eigenvalue weighted by molar-refractivity contribution is -0.151. The van der Waals surface area contributed by atoms with E-state index in [2.05, 4.69) is 0 Å². The fourth-order valence-electron chi connectivity index (χ4n) is 1.85. The lowest BCUT2D eigenvalue weighted by atomic mass is 9.97. The maximum atomic E-state index is 11.6. The first kappa shape index (κ1) is 18.1. The Kier molecular flexibility index (Phi) is 10.5. The Morgan fingerprint density at radius 2 is 1.68 bits per heavy atom. The first-order valence-electron chi connectivity index (χ1n) is 7.27. The summed E-state index contributed by atoms with van der Waals surface area (Å²) in [5.41, 5.74) is 0. The van der Waals surface area contributed by atoms with Crippen LogP contribution in [-0.2, 0) is 19.1 Å². The summed E-state index contributed by atoms with van der Waals surface area (Å²) in [6.45, 7) is 8.37. The quantitative estimate of drug-likeness (QED) is 0.329. The van der Waals surface area contributed by atoms with Crippen molar-refractivity contribution in [3.05, 3.63) is 0 Å². The molecule has 0 saturated heterocycles. The summed E-state index contributed by atoms with van der Waals surface area (Å²) in [6, 6.07) is 0. The van der Waals surface area contributed by atoms with E-state index >= 15 is 0 Å². The topological polar surface area (TPSA) is 52.6 Å². The molecule has 0 rings (SSSR count). The van der Waals surface area contributed by atoms with Crippen LogP contribution >= 0.6 is 0 Å². The molecule has 0 radical (unpaired) electrons. The molecule has 0 heterocycles. The van der Waals surface area contributed by atoms with Gasteiger partial charge in [-0.25, -0.2) is 0 Å². The number of esters is 1. The van der Waals surface area contributed by atoms with Crippen LogP contribution in [0.5, 0.6) is 0 Å². The molecule has 0 bridgehead atoms. The van der Waals surface area contributed by atoms with Gasteiger partial charge < -0.3 is 9.47 Å². The monoisotopic (exact) mass is 272 g/mol. The zero-order valence-electron chi connectivity index (χ0n) is 12.7. The summed E-state index contributed by atoms with van der Waals surface area (Å²) in [4.78, 5) is 22.9. The fraction of sp³-hybridized carbons (Fsp3) is 0.867. The van der Waals surface area contributed by atoms with E-state index in [1.165, 1.54) is 6.92 Å². The fourth-order valence-corrected chi connectivity index (χ4v) is 1.85. The molecule has 0 aliphatic rings. The predicted octanol–water partition coefficient (Wildman–Crippen LogP) is 3.13. The minimum atomic E-state index is -0.577. The summed E-state index contributed by atoms with van der Waals surface area (Å²) < 4.78 is 10.4. The maximum absolute atomic E-state index is 11.6. The third kappa shape index (κ3) is 9.65. The van der Waals surface area contributed by atoms with Crippen LogP contribution in [0.1, 0.15) is 59.8 Å². The van der Waals surface area contributed by atoms with Crippen LogP contribution < -0.4 is 0 Å². The molecule has 0 aromatic rings. The number of ether oxygens (including phenoxy) is 2. The van der Waals surface area contributed by atoms with E-state index in [1.54, 1.807) is 6.92 Å². The van der Waals surface area contributed by atoms with Crippen molar-refractivity contribution in [2.24, 2.45) is 5.92 Å². The van der Waals surface area contributed by atoms with Gasteiger partial charge in [0.15, 0.2) is 0 Å². The van der Waals surface area contributed by atoms with Gasteiger partial charge in [0.25, 0.3) is 0 Å². The van der Waals surface area contributed by atoms with Crippen molar-refractivity contribution < 1.29 is 19.1 Å². The van der Waals surface area contributed by atoms with Gasteiger partial charge in [-0.2, -0.15) is 0 Å². The second-order valence-electron chi connectivity index (χ2n) is 5.04. The van der Waals surface area contributed by atoms with Crippen LogP contribution in [0.2, 0.25) is 0 Å². The summed E-state index contributed by atoms with van der Waals surface area (Å²) >= 11 is 0. The van der Waals surface area contributed by atoms with E-state index in [-0.39, 0.29) is 17.9 Å². The maximum Gasteiger partial charge on any atom is 0.316 e. The molecule has 0 fully saturated rings. The van der Waals surface area contributed by atoms with Crippen molar-refractivity contribution in [1.82, 2.24) is 0 Å². The van der Waals surface area contributed by atoms with Crippen molar-refractivity contribution in [2.45, 2.75) is 65.9 Å². The molecule has 0 spiro atoms. The molecule has 4 nitrogen and oxygen atoms in total. The molecule has 0 N–H and O–H groups in total. The van der Waals surface area contributed by atoms with Gasteiger partial charge in [-0.3, -0.25) is 9.59 Å². The largest absolute Gasteiger partial charge is 0.465 e. The van der Waals surface area contributed by atoms with Crippen molar-refractivity contribution >= 4 is 11.8 Å². The van der Waals surface area contributed by atoms with E-state index in [0.29, 0.717) is 13.0 Å². The van der Waals surface area contributed by atoms with Crippen LogP contribution in [0.4, 0.5) is 0 Å². The van der Waals surface area contributed by atoms with Gasteiger partial charge in [0, 0.05) is 6.61 Å². The standard InChI is InChI=1S/C15H28O4/c1-5-18-15(17)14(13(4)16)10-8-6-7-9-11-19-12(2)3/h12,14H,5-11H2,1-4H3. The van der Waals surface area contributed by atoms with E-state index in [1.807, 2.05) is 13.8 Å². The number of carbonyl (C=O) groups excluding carboxylic acids is 2. The highest BCUT2D eigenvalue weighted by atomic mass is 16.5. The van der Waals surface area contributed by atoms with Crippen LogP contribution in [0.15, 0.2) is 0 Å². The Morgan fingerprint density at radius 1 is 1.05 bits per heavy atom. The van der Waals surface area contributed by atoms with Crippen molar-refractivity contribution in [2.75, 3.05) is 13.2 Å². The average molecular weight is 272 g/mol. The third-order valence-electron chi connectivity index (χ3n) is 2.90. The normalized spacial score (nSPS) is 12.5. The molecule has 0 aromatic heterocycles. The highest BCUT2D eigenvalue weighted by Gasteiger charge is 2.23. The highest BCUT2D eigenvalue weighted by molar-refractivity contribution is 5.97. The Labute approximate surface area is 116 Å². The smallest absolute Gasteiger partial charge is 0.316 e. The third-order valence-corrected chi connectivity index (χ3v) is 2.90. The zero-order chi connectivity index (χ0) is 14.7. The number of hydrogen-bond acceptors (Lipinski definition) is 4. The van der Waals surface area contributed by atoms with Gasteiger partial charge in [0.05, 0.1) is 12.7 Å². The summed E-state index contributed by atoms with van der Waals surface area (Å²) in [6.07, 6.45) is 4.88. The second-order valence-corrected chi connectivity index (χ2v) is 5.04. The molecule has 1 atom stereocenters. The molecule has 0 amide bonds. The number of hydrogen-bond donors (Lipinski definition) is 0. The van der Waals surface area contributed by atoms with Gasteiger partial charge in [-0.1, -0.05) is 19.3 Å². The van der Waals surface area contributed by atoms with Gasteiger partial charge >= 0.3 is 5.97 Å². The molecule has 1 unspecified atom stereocenters. The molecular formula is C15H28O4. The first-order valence-corrected chi connectivity index (χ1v) is 7.27. The molecule has 4 heteroatoms. The summed E-state index contributed by atoms with van der Waals surface area (Å²) in [5.74, 6) is -1.05. The summed E-state index contributed by atoms with van der Waals surface area (Å²) in [5, 5.41) is 0. The number of Topliss-reactive ketones (excluding diaryl/α,β-unsaturated/α-hetero) is 1. The van der Waals surface area contributed by atoms with E-state index < -0.39 is 5.92 Å². The van der Waals surface area contributed by atoms with Crippen LogP contribution in [0.25, 0.3) is 0 Å². The molecule has 0 aliphatic heterocycles. The second kappa shape index (κ2) is 11.0. The Bertz CT molecular complexity index is 261. The number of carbonyl (C=O) groups is 2. The minimum absolute atomic E-state index is 0.0957. The van der Waals surface area contributed by atoms with E-state index in [0.717, 1.165) is 32.3 Å². The van der Waals surface area contributed by atoms with Gasteiger partial charge in [0.2, 0.25) is 0 Å². The molecule has 0 aromatic carbocycles. The minimum Gasteiger partial charge on any atom is -0.465 e. The van der Waals surface area contributed by atoms with Crippen LogP contribution in [-0.4, -0.2) is 31.1 Å². The predicted molar refractivity (Wildman–Crippen MR) is 75.0 cm³/mol. The zero-order valence-corrected chi connectivity index (χ0v) is 12.7.